The highest BCUT2D eigenvalue weighted by atomic mass is 19.4. The van der Waals surface area contributed by atoms with Crippen molar-refractivity contribution in [3.8, 4) is 0 Å². The molecule has 0 unspecified atom stereocenters. The number of anilines is 1. The van der Waals surface area contributed by atoms with Crippen LogP contribution in [0.5, 0.6) is 0 Å². The topological polar surface area (TPSA) is 59.4 Å². The number of amides is 1. The molecule has 2 aromatic rings. The highest BCUT2D eigenvalue weighted by Gasteiger charge is 2.47. The molecule has 2 aliphatic heterocycles. The van der Waals surface area contributed by atoms with E-state index in [0.29, 0.717) is 26.3 Å². The number of benzene rings is 1. The van der Waals surface area contributed by atoms with Gasteiger partial charge in [0.25, 0.3) is 5.91 Å². The van der Waals surface area contributed by atoms with Gasteiger partial charge in [0.2, 0.25) is 0 Å². The molecule has 0 radical (unpaired) electrons. The Hall–Kier alpha value is -2.55. The largest absolute Gasteiger partial charge is 0.410 e. The number of hydrogen-bond acceptors (Lipinski definition) is 4. The number of morpholine rings is 1. The average Bonchev–Trinajstić information content (AvgIpc) is 3.11. The van der Waals surface area contributed by atoms with Crippen LogP contribution in [0.15, 0.2) is 36.5 Å². The molecular weight excluding hydrogens is 361 g/mol. The van der Waals surface area contributed by atoms with Crippen LogP contribution < -0.4 is 5.32 Å². The average molecular weight is 380 g/mol. The van der Waals surface area contributed by atoms with Crippen LogP contribution >= 0.6 is 0 Å². The van der Waals surface area contributed by atoms with Crippen LogP contribution in [0, 0.1) is 0 Å². The molecule has 1 amide bonds. The summed E-state index contributed by atoms with van der Waals surface area (Å²) in [7, 11) is 0. The van der Waals surface area contributed by atoms with Crippen LogP contribution in [0.4, 0.5) is 19.0 Å². The summed E-state index contributed by atoms with van der Waals surface area (Å²) in [5.74, 6) is -0.212. The zero-order chi connectivity index (χ0) is 19.0. The van der Waals surface area contributed by atoms with Crippen molar-refractivity contribution in [2.75, 3.05) is 31.6 Å². The summed E-state index contributed by atoms with van der Waals surface area (Å²) in [6.07, 6.45) is -3.42. The quantitative estimate of drug-likeness (QED) is 0.870. The number of hydrogen-bond donors (Lipinski definition) is 1. The van der Waals surface area contributed by atoms with Gasteiger partial charge in [0.05, 0.1) is 25.5 Å². The smallest absolute Gasteiger partial charge is 0.378 e. The van der Waals surface area contributed by atoms with Crippen LogP contribution in [0.2, 0.25) is 0 Å². The van der Waals surface area contributed by atoms with Crippen molar-refractivity contribution in [1.82, 2.24) is 14.7 Å². The standard InChI is InChI=1S/C18H19F3N4O2/c19-18(20,21)15-10-14(12-4-2-1-3-5-12)23-16-13(11-22-25(15)16)17(26)24-6-8-27-9-7-24/h1-5,11,14-15,23H,6-10H2/t14-,15+/m1/s1. The molecule has 4 rings (SSSR count). The second kappa shape index (κ2) is 6.88. The van der Waals surface area contributed by atoms with Gasteiger partial charge in [-0.25, -0.2) is 4.68 Å². The summed E-state index contributed by atoms with van der Waals surface area (Å²) >= 11 is 0. The molecule has 9 heteroatoms. The van der Waals surface area contributed by atoms with E-state index >= 15 is 0 Å². The van der Waals surface area contributed by atoms with E-state index in [1.165, 1.54) is 6.20 Å². The Bertz CT molecular complexity index is 816. The third kappa shape index (κ3) is 3.39. The van der Waals surface area contributed by atoms with Gasteiger partial charge in [0, 0.05) is 19.5 Å². The van der Waals surface area contributed by atoms with E-state index in [1.54, 1.807) is 29.2 Å². The molecule has 1 aromatic carbocycles. The molecule has 6 nitrogen and oxygen atoms in total. The number of aromatic nitrogens is 2. The van der Waals surface area contributed by atoms with Gasteiger partial charge in [-0.05, 0) is 5.56 Å². The molecule has 144 valence electrons. The van der Waals surface area contributed by atoms with Crippen LogP contribution in [0.3, 0.4) is 0 Å². The highest BCUT2D eigenvalue weighted by molar-refractivity contribution is 5.99. The fourth-order valence-corrected chi connectivity index (χ4v) is 3.56. The van der Waals surface area contributed by atoms with Crippen LogP contribution in [0.25, 0.3) is 0 Å². The monoisotopic (exact) mass is 380 g/mol. The third-order valence-electron chi connectivity index (χ3n) is 4.97. The molecule has 1 aromatic heterocycles. The fraction of sp³-hybridized carbons (Fsp3) is 0.444. The minimum Gasteiger partial charge on any atom is -0.378 e. The van der Waals surface area contributed by atoms with E-state index < -0.39 is 18.3 Å². The molecule has 2 aliphatic rings. The number of carbonyl (C=O) groups excluding carboxylic acids is 1. The normalized spacial score (nSPS) is 22.9. The predicted octanol–water partition coefficient (Wildman–Crippen LogP) is 3.02. The first-order chi connectivity index (χ1) is 12.9. The molecule has 1 fully saturated rings. The lowest BCUT2D eigenvalue weighted by molar-refractivity contribution is -0.173. The van der Waals surface area contributed by atoms with Gasteiger partial charge in [-0.1, -0.05) is 30.3 Å². The Morgan fingerprint density at radius 2 is 1.89 bits per heavy atom. The first kappa shape index (κ1) is 17.8. The number of ether oxygens (including phenoxy) is 1. The molecule has 3 heterocycles. The van der Waals surface area contributed by atoms with Crippen LogP contribution in [0.1, 0.15) is 34.4 Å². The van der Waals surface area contributed by atoms with Crippen molar-refractivity contribution >= 4 is 11.7 Å². The third-order valence-corrected chi connectivity index (χ3v) is 4.97. The lowest BCUT2D eigenvalue weighted by Crippen LogP contribution is -2.41. The van der Waals surface area contributed by atoms with E-state index in [4.69, 9.17) is 4.74 Å². The fourth-order valence-electron chi connectivity index (χ4n) is 3.56. The summed E-state index contributed by atoms with van der Waals surface area (Å²) in [4.78, 5) is 14.4. The zero-order valence-corrected chi connectivity index (χ0v) is 14.4. The number of nitrogens with one attached hydrogen (secondary N) is 1. The zero-order valence-electron chi connectivity index (χ0n) is 14.4. The Kier molecular flexibility index (Phi) is 4.55. The van der Waals surface area contributed by atoms with Crippen molar-refractivity contribution in [3.63, 3.8) is 0 Å². The predicted molar refractivity (Wildman–Crippen MR) is 91.5 cm³/mol. The van der Waals surface area contributed by atoms with E-state index in [-0.39, 0.29) is 23.7 Å². The lowest BCUT2D eigenvalue weighted by Gasteiger charge is -2.34. The van der Waals surface area contributed by atoms with Crippen molar-refractivity contribution in [1.29, 1.82) is 0 Å². The molecule has 0 bridgehead atoms. The maximum Gasteiger partial charge on any atom is 0.410 e. The number of nitrogens with zero attached hydrogens (tertiary/aromatic N) is 3. The molecule has 1 N–H and O–H groups in total. The molecular formula is C18H19F3N4O2. The van der Waals surface area contributed by atoms with Gasteiger partial charge < -0.3 is 15.0 Å². The second-order valence-electron chi connectivity index (χ2n) is 6.66. The van der Waals surface area contributed by atoms with E-state index in [1.807, 2.05) is 6.07 Å². The van der Waals surface area contributed by atoms with Gasteiger partial charge in [0.1, 0.15) is 11.4 Å². The van der Waals surface area contributed by atoms with Gasteiger partial charge in [0.15, 0.2) is 6.04 Å². The number of alkyl halides is 3. The maximum absolute atomic E-state index is 13.7. The highest BCUT2D eigenvalue weighted by Crippen LogP contribution is 2.44. The minimum atomic E-state index is -4.46. The van der Waals surface area contributed by atoms with Crippen LogP contribution in [-0.2, 0) is 4.74 Å². The van der Waals surface area contributed by atoms with Gasteiger partial charge in [-0.3, -0.25) is 4.79 Å². The summed E-state index contributed by atoms with van der Waals surface area (Å²) in [6.45, 7) is 1.66. The van der Waals surface area contributed by atoms with Gasteiger partial charge in [-0.2, -0.15) is 18.3 Å². The van der Waals surface area contributed by atoms with Gasteiger partial charge in [-0.15, -0.1) is 0 Å². The van der Waals surface area contributed by atoms with Crippen molar-refractivity contribution in [2.45, 2.75) is 24.7 Å². The summed E-state index contributed by atoms with van der Waals surface area (Å²) < 4.78 is 47.2. The Morgan fingerprint density at radius 1 is 1.19 bits per heavy atom. The molecule has 27 heavy (non-hydrogen) atoms. The Labute approximate surface area is 153 Å². The Morgan fingerprint density at radius 3 is 2.56 bits per heavy atom. The molecule has 0 saturated carbocycles. The summed E-state index contributed by atoms with van der Waals surface area (Å²) in [5, 5.41) is 7.01. The van der Waals surface area contributed by atoms with Crippen molar-refractivity contribution in [3.05, 3.63) is 47.7 Å². The van der Waals surface area contributed by atoms with Gasteiger partial charge >= 0.3 is 6.18 Å². The van der Waals surface area contributed by atoms with Crippen LogP contribution in [-0.4, -0.2) is 53.1 Å². The Balaban J connectivity index is 1.71. The summed E-state index contributed by atoms with van der Waals surface area (Å²) in [6, 6.07) is 6.59. The van der Waals surface area contributed by atoms with Crippen molar-refractivity contribution < 1.29 is 22.7 Å². The minimum absolute atomic E-state index is 0.119. The maximum atomic E-state index is 13.7. The molecule has 0 spiro atoms. The SMILES string of the molecule is O=C(c1cnn2c1N[C@@H](c1ccccc1)C[C@H]2C(F)(F)F)N1CCOCC1. The molecule has 2 atom stereocenters. The van der Waals surface area contributed by atoms with Crippen molar-refractivity contribution in [2.24, 2.45) is 0 Å². The van der Waals surface area contributed by atoms with E-state index in [0.717, 1.165) is 10.2 Å². The number of fused-ring (bicyclic) bond motifs is 1. The van der Waals surface area contributed by atoms with E-state index in [2.05, 4.69) is 10.4 Å². The first-order valence-electron chi connectivity index (χ1n) is 8.78. The lowest BCUT2D eigenvalue weighted by atomic mass is 9.96. The molecule has 0 aliphatic carbocycles. The number of carbonyl (C=O) groups is 1. The number of halogens is 3. The molecule has 1 saturated heterocycles. The first-order valence-corrected chi connectivity index (χ1v) is 8.78. The second-order valence-corrected chi connectivity index (χ2v) is 6.66. The van der Waals surface area contributed by atoms with E-state index in [9.17, 15) is 18.0 Å². The summed E-state index contributed by atoms with van der Waals surface area (Å²) in [5.41, 5.74) is 0.899. The number of rotatable bonds is 2.